The summed E-state index contributed by atoms with van der Waals surface area (Å²) in [4.78, 5) is 0. The molecule has 0 aliphatic heterocycles. The van der Waals surface area contributed by atoms with Crippen molar-refractivity contribution in [2.24, 2.45) is 5.92 Å². The monoisotopic (exact) mass is 272 g/mol. The van der Waals surface area contributed by atoms with Gasteiger partial charge in [0.25, 0.3) is 0 Å². The van der Waals surface area contributed by atoms with Crippen LogP contribution in [0.1, 0.15) is 36.8 Å². The van der Waals surface area contributed by atoms with Crippen molar-refractivity contribution in [2.75, 3.05) is 0 Å². The summed E-state index contributed by atoms with van der Waals surface area (Å²) in [5.74, 6) is 1.18. The third kappa shape index (κ3) is 2.06. The zero-order valence-electron chi connectivity index (χ0n) is 12.4. The van der Waals surface area contributed by atoms with Gasteiger partial charge in [0.05, 0.1) is 0 Å². The van der Waals surface area contributed by atoms with Crippen molar-refractivity contribution in [3.8, 4) is 11.1 Å². The molecule has 0 N–H and O–H groups in total. The van der Waals surface area contributed by atoms with Crippen LogP contribution in [0.3, 0.4) is 0 Å². The van der Waals surface area contributed by atoms with Crippen LogP contribution in [0, 0.1) is 5.92 Å². The van der Waals surface area contributed by atoms with E-state index < -0.39 is 0 Å². The lowest BCUT2D eigenvalue weighted by Crippen LogP contribution is -2.09. The van der Waals surface area contributed by atoms with Gasteiger partial charge < -0.3 is 0 Å². The number of rotatable bonds is 3. The van der Waals surface area contributed by atoms with Gasteiger partial charge >= 0.3 is 0 Å². The van der Waals surface area contributed by atoms with E-state index in [0.717, 1.165) is 6.42 Å². The van der Waals surface area contributed by atoms with Gasteiger partial charge in [0, 0.05) is 5.92 Å². The van der Waals surface area contributed by atoms with Gasteiger partial charge in [-0.1, -0.05) is 79.3 Å². The molecule has 0 heterocycles. The molecule has 1 atom stereocenters. The molecule has 0 fully saturated rings. The summed E-state index contributed by atoms with van der Waals surface area (Å²) < 4.78 is 0. The molecule has 104 valence electrons. The number of benzene rings is 2. The van der Waals surface area contributed by atoms with Gasteiger partial charge in [0.1, 0.15) is 0 Å². The smallest absolute Gasteiger partial charge is 0.0130 e. The third-order valence-electron chi connectivity index (χ3n) is 4.88. The fraction of sp³-hybridized carbons (Fsp3) is 0.238. The molecule has 0 bridgehead atoms. The average Bonchev–Trinajstić information content (AvgIpc) is 3.12. The molecule has 2 aromatic rings. The average molecular weight is 272 g/mol. The minimum absolute atomic E-state index is 0.541. The first-order chi connectivity index (χ1) is 10.3. The molecule has 0 heteroatoms. The molecule has 1 unspecified atom stereocenters. The van der Waals surface area contributed by atoms with Gasteiger partial charge in [-0.15, -0.1) is 0 Å². The summed E-state index contributed by atoms with van der Waals surface area (Å²) in [5.41, 5.74) is 7.46. The van der Waals surface area contributed by atoms with Crippen molar-refractivity contribution in [1.29, 1.82) is 0 Å². The first kappa shape index (κ1) is 12.6. The van der Waals surface area contributed by atoms with Crippen LogP contribution < -0.4 is 0 Å². The minimum Gasteiger partial charge on any atom is -0.0805 e. The predicted molar refractivity (Wildman–Crippen MR) is 89.3 cm³/mol. The summed E-state index contributed by atoms with van der Waals surface area (Å²) in [6.45, 7) is 2.41. The maximum absolute atomic E-state index is 2.41. The highest BCUT2D eigenvalue weighted by Gasteiger charge is 2.32. The van der Waals surface area contributed by atoms with E-state index in [1.54, 1.807) is 5.57 Å². The molecular weight excluding hydrogens is 252 g/mol. The number of hydrogen-bond acceptors (Lipinski definition) is 0. The van der Waals surface area contributed by atoms with Crippen LogP contribution in [0.5, 0.6) is 0 Å². The van der Waals surface area contributed by atoms with Gasteiger partial charge in [-0.2, -0.15) is 0 Å². The van der Waals surface area contributed by atoms with Gasteiger partial charge in [0.15, 0.2) is 0 Å². The Kier molecular flexibility index (Phi) is 3.03. The van der Waals surface area contributed by atoms with Crippen molar-refractivity contribution in [1.82, 2.24) is 0 Å². The molecule has 0 aromatic heterocycles. The lowest BCUT2D eigenvalue weighted by atomic mass is 9.81. The van der Waals surface area contributed by atoms with Crippen molar-refractivity contribution in [2.45, 2.75) is 25.7 Å². The Hall–Kier alpha value is -2.08. The molecule has 0 saturated heterocycles. The van der Waals surface area contributed by atoms with E-state index in [-0.39, 0.29) is 0 Å². The third-order valence-corrected chi connectivity index (χ3v) is 4.88. The Morgan fingerprint density at radius 1 is 0.952 bits per heavy atom. The van der Waals surface area contributed by atoms with E-state index in [2.05, 4.69) is 73.7 Å². The minimum atomic E-state index is 0.541. The first-order valence-electron chi connectivity index (χ1n) is 7.87. The second-order valence-electron chi connectivity index (χ2n) is 6.29. The van der Waals surface area contributed by atoms with Crippen LogP contribution in [-0.4, -0.2) is 0 Å². The van der Waals surface area contributed by atoms with Crippen LogP contribution in [0.2, 0.25) is 0 Å². The van der Waals surface area contributed by atoms with E-state index in [4.69, 9.17) is 0 Å². The fourth-order valence-corrected chi connectivity index (χ4v) is 3.98. The maximum atomic E-state index is 2.41. The van der Waals surface area contributed by atoms with Crippen molar-refractivity contribution in [3.05, 3.63) is 83.5 Å². The van der Waals surface area contributed by atoms with Gasteiger partial charge in [0.2, 0.25) is 0 Å². The topological polar surface area (TPSA) is 0 Å². The van der Waals surface area contributed by atoms with E-state index in [9.17, 15) is 0 Å². The van der Waals surface area contributed by atoms with Gasteiger partial charge in [-0.3, -0.25) is 0 Å². The quantitative estimate of drug-likeness (QED) is 0.671. The lowest BCUT2D eigenvalue weighted by Gasteiger charge is -2.22. The van der Waals surface area contributed by atoms with Crippen LogP contribution in [0.15, 0.2) is 72.3 Å². The van der Waals surface area contributed by atoms with Crippen molar-refractivity contribution in [3.63, 3.8) is 0 Å². The van der Waals surface area contributed by atoms with Crippen molar-refractivity contribution < 1.29 is 0 Å². The largest absolute Gasteiger partial charge is 0.0805 e. The molecule has 0 amide bonds. The van der Waals surface area contributed by atoms with Crippen LogP contribution in [0.4, 0.5) is 0 Å². The Morgan fingerprint density at radius 3 is 2.14 bits per heavy atom. The standard InChI is InChI=1S/C21H20/c1-15(14-16-8-2-3-9-16)21-19-12-6-4-10-17(19)18-11-5-7-13-20(18)21/h2-8,10-13,15,21H,9,14H2,1H3. The second-order valence-corrected chi connectivity index (χ2v) is 6.29. The van der Waals surface area contributed by atoms with Crippen LogP contribution in [-0.2, 0) is 0 Å². The Bertz CT molecular complexity index is 688. The molecule has 0 spiro atoms. The maximum Gasteiger partial charge on any atom is 0.0130 e. The zero-order valence-corrected chi connectivity index (χ0v) is 12.4. The summed E-state index contributed by atoms with van der Waals surface area (Å²) >= 11 is 0. The lowest BCUT2D eigenvalue weighted by molar-refractivity contribution is 0.512. The van der Waals surface area contributed by atoms with Crippen molar-refractivity contribution >= 4 is 0 Å². The molecule has 2 aliphatic rings. The normalized spacial score (nSPS) is 17.5. The summed E-state index contributed by atoms with van der Waals surface area (Å²) in [7, 11) is 0. The Labute approximate surface area is 126 Å². The molecule has 4 rings (SSSR count). The summed E-state index contributed by atoms with van der Waals surface area (Å²) in [5, 5.41) is 0. The SMILES string of the molecule is CC(CC1=CC=CC1)C1c2ccccc2-c2ccccc21. The Morgan fingerprint density at radius 2 is 1.57 bits per heavy atom. The fourth-order valence-electron chi connectivity index (χ4n) is 3.98. The molecule has 2 aliphatic carbocycles. The highest BCUT2D eigenvalue weighted by molar-refractivity contribution is 5.78. The first-order valence-corrected chi connectivity index (χ1v) is 7.87. The van der Waals surface area contributed by atoms with Crippen LogP contribution >= 0.6 is 0 Å². The van der Waals surface area contributed by atoms with E-state index in [0.29, 0.717) is 11.8 Å². The van der Waals surface area contributed by atoms with Gasteiger partial charge in [-0.05, 0) is 41.0 Å². The molecule has 0 radical (unpaired) electrons. The molecule has 2 aromatic carbocycles. The highest BCUT2D eigenvalue weighted by atomic mass is 14.3. The molecule has 21 heavy (non-hydrogen) atoms. The molecule has 0 saturated carbocycles. The van der Waals surface area contributed by atoms with E-state index in [1.807, 2.05) is 0 Å². The van der Waals surface area contributed by atoms with Gasteiger partial charge in [-0.25, -0.2) is 0 Å². The summed E-state index contributed by atoms with van der Waals surface area (Å²) in [6, 6.07) is 17.9. The molecular formula is C21H20. The van der Waals surface area contributed by atoms with Crippen LogP contribution in [0.25, 0.3) is 11.1 Å². The number of fused-ring (bicyclic) bond motifs is 3. The van der Waals surface area contributed by atoms with E-state index in [1.165, 1.54) is 28.7 Å². The summed E-state index contributed by atoms with van der Waals surface area (Å²) in [6.07, 6.45) is 9.08. The predicted octanol–water partition coefficient (Wildman–Crippen LogP) is 5.71. The van der Waals surface area contributed by atoms with E-state index >= 15 is 0 Å². The Balaban J connectivity index is 1.74. The number of hydrogen-bond donors (Lipinski definition) is 0. The highest BCUT2D eigenvalue weighted by Crippen LogP contribution is 2.49. The molecule has 0 nitrogen and oxygen atoms in total. The second kappa shape index (κ2) is 5.04. The number of allylic oxidation sites excluding steroid dienone is 4. The zero-order chi connectivity index (χ0) is 14.2.